The number of hydrogen-bond acceptors (Lipinski definition) is 6. The Balaban J connectivity index is 3.90. The van der Waals surface area contributed by atoms with E-state index in [-0.39, 0.29) is 19.3 Å². The van der Waals surface area contributed by atoms with E-state index in [4.69, 9.17) is 19.7 Å². The molecule has 0 aliphatic carbocycles. The number of rotatable bonds is 17. The second kappa shape index (κ2) is 17.9. The average molecular weight is 363 g/mol. The summed E-state index contributed by atoms with van der Waals surface area (Å²) in [7, 11) is 3.97. The molecule has 150 valence electrons. The Labute approximate surface area is 152 Å². The lowest BCUT2D eigenvalue weighted by Gasteiger charge is -2.18. The summed E-state index contributed by atoms with van der Waals surface area (Å²) in [5.41, 5.74) is 0. The van der Waals surface area contributed by atoms with Crippen LogP contribution in [0.5, 0.6) is 0 Å². The van der Waals surface area contributed by atoms with Crippen molar-refractivity contribution in [2.75, 3.05) is 53.6 Å². The normalized spacial score (nSPS) is 11.3. The second-order valence-electron chi connectivity index (χ2n) is 6.52. The van der Waals surface area contributed by atoms with Gasteiger partial charge in [0.05, 0.1) is 13.2 Å². The molecule has 0 unspecified atom stereocenters. The van der Waals surface area contributed by atoms with E-state index in [2.05, 4.69) is 5.32 Å². The number of aliphatic hydroxyl groups excluding tert-OH is 2. The van der Waals surface area contributed by atoms with E-state index >= 15 is 0 Å². The molecule has 0 atom stereocenters. The van der Waals surface area contributed by atoms with Crippen LogP contribution in [-0.4, -0.2) is 80.9 Å². The Morgan fingerprint density at radius 1 is 0.960 bits per heavy atom. The highest BCUT2D eigenvalue weighted by Crippen LogP contribution is 2.14. The van der Waals surface area contributed by atoms with Gasteiger partial charge in [-0.05, 0) is 52.6 Å². The van der Waals surface area contributed by atoms with Gasteiger partial charge in [0.25, 0.3) is 0 Å². The highest BCUT2D eigenvalue weighted by Gasteiger charge is 2.13. The Kier molecular flexibility index (Phi) is 17.3. The molecule has 0 aromatic heterocycles. The lowest BCUT2D eigenvalue weighted by atomic mass is 10.0. The van der Waals surface area contributed by atoms with Crippen molar-refractivity contribution in [3.8, 4) is 0 Å². The van der Waals surface area contributed by atoms with Crippen molar-refractivity contribution in [1.82, 2.24) is 10.2 Å². The minimum Gasteiger partial charge on any atom is -0.446 e. The van der Waals surface area contributed by atoms with Crippen molar-refractivity contribution in [2.45, 2.75) is 57.5 Å². The SMILES string of the molecule is CN(C)CCOCCNC(=O)OC(CCCCCO)CCCCCO. The van der Waals surface area contributed by atoms with Gasteiger partial charge in [-0.25, -0.2) is 4.79 Å². The van der Waals surface area contributed by atoms with Crippen LogP contribution in [0.1, 0.15) is 51.4 Å². The summed E-state index contributed by atoms with van der Waals surface area (Å²) in [6.07, 6.45) is 6.44. The molecule has 0 fully saturated rings. The van der Waals surface area contributed by atoms with E-state index in [0.717, 1.165) is 57.9 Å². The molecule has 0 bridgehead atoms. The van der Waals surface area contributed by atoms with Gasteiger partial charge in [-0.1, -0.05) is 12.8 Å². The minimum absolute atomic E-state index is 0.105. The van der Waals surface area contributed by atoms with Crippen LogP contribution in [0.25, 0.3) is 0 Å². The van der Waals surface area contributed by atoms with Gasteiger partial charge in [0.15, 0.2) is 0 Å². The zero-order valence-corrected chi connectivity index (χ0v) is 16.0. The molecule has 0 radical (unpaired) electrons. The molecule has 0 heterocycles. The third kappa shape index (κ3) is 17.7. The summed E-state index contributed by atoms with van der Waals surface area (Å²) < 4.78 is 10.9. The molecular formula is C18H38N2O5. The van der Waals surface area contributed by atoms with E-state index in [1.54, 1.807) is 0 Å². The minimum atomic E-state index is -0.398. The third-order valence-electron chi connectivity index (χ3n) is 3.84. The van der Waals surface area contributed by atoms with Crippen molar-refractivity contribution in [2.24, 2.45) is 0 Å². The first-order chi connectivity index (χ1) is 12.1. The van der Waals surface area contributed by atoms with Gasteiger partial charge in [0.1, 0.15) is 6.10 Å². The fraction of sp³-hybridized carbons (Fsp3) is 0.944. The molecule has 7 heteroatoms. The van der Waals surface area contributed by atoms with Crippen molar-refractivity contribution >= 4 is 6.09 Å². The number of likely N-dealkylation sites (N-methyl/N-ethyl adjacent to an activating group) is 1. The van der Waals surface area contributed by atoms with E-state index in [1.807, 2.05) is 19.0 Å². The summed E-state index contributed by atoms with van der Waals surface area (Å²) >= 11 is 0. The first kappa shape index (κ1) is 24.1. The molecule has 0 saturated carbocycles. The number of unbranched alkanes of at least 4 members (excludes halogenated alkanes) is 4. The Morgan fingerprint density at radius 3 is 2.08 bits per heavy atom. The third-order valence-corrected chi connectivity index (χ3v) is 3.84. The van der Waals surface area contributed by atoms with Gasteiger partial charge in [0.2, 0.25) is 0 Å². The monoisotopic (exact) mass is 362 g/mol. The summed E-state index contributed by atoms with van der Waals surface area (Å²) in [6, 6.07) is 0. The fourth-order valence-corrected chi connectivity index (χ4v) is 2.35. The molecule has 0 aliphatic rings. The lowest BCUT2D eigenvalue weighted by molar-refractivity contribution is 0.0774. The van der Waals surface area contributed by atoms with Gasteiger partial charge in [-0.2, -0.15) is 0 Å². The molecule has 7 nitrogen and oxygen atoms in total. The number of nitrogens with zero attached hydrogens (tertiary/aromatic N) is 1. The van der Waals surface area contributed by atoms with Crippen LogP contribution in [0.2, 0.25) is 0 Å². The molecule has 25 heavy (non-hydrogen) atoms. The molecule has 0 aromatic rings. The van der Waals surface area contributed by atoms with Crippen LogP contribution in [0, 0.1) is 0 Å². The number of nitrogens with one attached hydrogen (secondary N) is 1. The lowest BCUT2D eigenvalue weighted by Crippen LogP contribution is -2.32. The van der Waals surface area contributed by atoms with Crippen molar-refractivity contribution in [1.29, 1.82) is 0 Å². The van der Waals surface area contributed by atoms with Crippen LogP contribution >= 0.6 is 0 Å². The van der Waals surface area contributed by atoms with Gasteiger partial charge in [0, 0.05) is 26.3 Å². The molecule has 0 saturated heterocycles. The topological polar surface area (TPSA) is 91.3 Å². The smallest absolute Gasteiger partial charge is 0.407 e. The summed E-state index contributed by atoms with van der Waals surface area (Å²) in [5.74, 6) is 0. The van der Waals surface area contributed by atoms with Crippen LogP contribution in [0.3, 0.4) is 0 Å². The average Bonchev–Trinajstić information content (AvgIpc) is 2.58. The molecule has 0 aliphatic heterocycles. The predicted octanol–water partition coefficient (Wildman–Crippen LogP) is 1.76. The highest BCUT2D eigenvalue weighted by atomic mass is 16.6. The maximum absolute atomic E-state index is 11.9. The number of aliphatic hydroxyl groups is 2. The van der Waals surface area contributed by atoms with Gasteiger partial charge in [-0.3, -0.25) is 0 Å². The Morgan fingerprint density at radius 2 is 1.56 bits per heavy atom. The second-order valence-corrected chi connectivity index (χ2v) is 6.52. The van der Waals surface area contributed by atoms with Crippen LogP contribution < -0.4 is 5.32 Å². The molecule has 1 amide bonds. The quantitative estimate of drug-likeness (QED) is 0.342. The maximum Gasteiger partial charge on any atom is 0.407 e. The van der Waals surface area contributed by atoms with Crippen molar-refractivity contribution in [3.05, 3.63) is 0 Å². The van der Waals surface area contributed by atoms with E-state index in [9.17, 15) is 4.79 Å². The van der Waals surface area contributed by atoms with E-state index in [0.29, 0.717) is 19.8 Å². The van der Waals surface area contributed by atoms with Gasteiger partial charge < -0.3 is 29.9 Å². The maximum atomic E-state index is 11.9. The number of hydrogen-bond donors (Lipinski definition) is 3. The summed E-state index contributed by atoms with van der Waals surface area (Å²) in [5, 5.41) is 20.4. The number of carbonyl (C=O) groups excluding carboxylic acids is 1. The molecule has 0 rings (SSSR count). The first-order valence-corrected chi connectivity index (χ1v) is 9.48. The highest BCUT2D eigenvalue weighted by molar-refractivity contribution is 5.67. The van der Waals surface area contributed by atoms with Crippen LogP contribution in [0.4, 0.5) is 4.79 Å². The first-order valence-electron chi connectivity index (χ1n) is 9.48. The Hall–Kier alpha value is -0.890. The summed E-state index contributed by atoms with van der Waals surface area (Å²) in [4.78, 5) is 13.9. The van der Waals surface area contributed by atoms with Crippen molar-refractivity contribution in [3.63, 3.8) is 0 Å². The number of carbonyl (C=O) groups is 1. The number of amides is 1. The van der Waals surface area contributed by atoms with Crippen LogP contribution in [-0.2, 0) is 9.47 Å². The van der Waals surface area contributed by atoms with Crippen LogP contribution in [0.15, 0.2) is 0 Å². The largest absolute Gasteiger partial charge is 0.446 e. The van der Waals surface area contributed by atoms with Gasteiger partial charge in [-0.15, -0.1) is 0 Å². The predicted molar refractivity (Wildman–Crippen MR) is 98.8 cm³/mol. The molecule has 0 aromatic carbocycles. The zero-order valence-electron chi connectivity index (χ0n) is 16.0. The zero-order chi connectivity index (χ0) is 18.8. The standard InChI is InChI=1S/C18H38N2O5/c1-20(2)12-16-24-15-11-19-18(23)25-17(9-5-3-7-13-21)10-6-4-8-14-22/h17,21-22H,3-16H2,1-2H3,(H,19,23). The molecular weight excluding hydrogens is 324 g/mol. The van der Waals surface area contributed by atoms with Gasteiger partial charge >= 0.3 is 6.09 Å². The Bertz CT molecular complexity index is 291. The number of ether oxygens (including phenoxy) is 2. The van der Waals surface area contributed by atoms with Crippen molar-refractivity contribution < 1.29 is 24.5 Å². The van der Waals surface area contributed by atoms with E-state index < -0.39 is 6.09 Å². The fourth-order valence-electron chi connectivity index (χ4n) is 2.35. The molecule has 3 N–H and O–H groups in total. The van der Waals surface area contributed by atoms with E-state index in [1.165, 1.54) is 0 Å². The summed E-state index contributed by atoms with van der Waals surface area (Å²) in [6.45, 7) is 2.82. The molecule has 0 spiro atoms. The number of alkyl carbamates (subject to hydrolysis) is 1.